The summed E-state index contributed by atoms with van der Waals surface area (Å²) >= 11 is 0. The number of unbranched alkanes of at least 4 members (excludes halogenated alkanes) is 13. The molecule has 0 aromatic rings. The summed E-state index contributed by atoms with van der Waals surface area (Å²) in [5, 5.41) is 0. The van der Waals surface area contributed by atoms with Crippen LogP contribution in [0.25, 0.3) is 0 Å². The van der Waals surface area contributed by atoms with E-state index in [1.165, 1.54) is 103 Å². The molecule has 0 heterocycles. The van der Waals surface area contributed by atoms with E-state index in [0.717, 1.165) is 0 Å². The van der Waals surface area contributed by atoms with Crippen LogP contribution in [0, 0.1) is 0 Å². The Balaban J connectivity index is 1.67. The van der Waals surface area contributed by atoms with Gasteiger partial charge >= 0.3 is 0 Å². The molecule has 0 aliphatic heterocycles. The third kappa shape index (κ3) is 11.8. The Morgan fingerprint density at radius 1 is 0.667 bits per heavy atom. The predicted octanol–water partition coefficient (Wildman–Crippen LogP) is 7.74. The van der Waals surface area contributed by atoms with Gasteiger partial charge in [-0.15, -0.1) is 0 Å². The molecule has 0 N–H and O–H groups in total. The molecule has 0 nitrogen and oxygen atoms in total. The van der Waals surface area contributed by atoms with E-state index in [2.05, 4.69) is 25.2 Å². The summed E-state index contributed by atoms with van der Waals surface area (Å²) in [6.07, 6.45) is 29.7. The van der Waals surface area contributed by atoms with Crippen molar-refractivity contribution in [1.29, 1.82) is 0 Å². The highest BCUT2D eigenvalue weighted by Crippen LogP contribution is 2.19. The van der Waals surface area contributed by atoms with Crippen LogP contribution in [0.5, 0.6) is 0 Å². The summed E-state index contributed by atoms with van der Waals surface area (Å²) in [6.45, 7) is 2.29. The van der Waals surface area contributed by atoms with Gasteiger partial charge in [-0.2, -0.15) is 0 Å². The lowest BCUT2D eigenvalue weighted by atomic mass is 10.0. The fraction of sp³-hybridized carbons (Fsp3) is 0.810. The van der Waals surface area contributed by atoms with Crippen molar-refractivity contribution in [3.05, 3.63) is 23.8 Å². The van der Waals surface area contributed by atoms with E-state index in [1.54, 1.807) is 5.57 Å². The largest absolute Gasteiger partial charge is 0.0805 e. The fourth-order valence-corrected chi connectivity index (χ4v) is 3.22. The van der Waals surface area contributed by atoms with Crippen LogP contribution in [0.15, 0.2) is 23.8 Å². The molecular weight excluding hydrogens is 252 g/mol. The summed E-state index contributed by atoms with van der Waals surface area (Å²) in [4.78, 5) is 0. The molecule has 0 spiro atoms. The standard InChI is InChI=1S/C21H38/c1-2-3-4-5-6-7-8-9-10-11-12-13-14-15-18-21-19-16-17-20-21/h16-17,19H,2-15,18,20H2,1H3. The van der Waals surface area contributed by atoms with Crippen molar-refractivity contribution < 1.29 is 0 Å². The Morgan fingerprint density at radius 2 is 1.14 bits per heavy atom. The van der Waals surface area contributed by atoms with Crippen molar-refractivity contribution in [2.75, 3.05) is 0 Å². The van der Waals surface area contributed by atoms with Crippen LogP contribution < -0.4 is 0 Å². The Labute approximate surface area is 134 Å². The Bertz CT molecular complexity index is 272. The summed E-state index contributed by atoms with van der Waals surface area (Å²) in [5.74, 6) is 0. The number of hydrogen-bond acceptors (Lipinski definition) is 0. The number of allylic oxidation sites excluding steroid dienone is 4. The van der Waals surface area contributed by atoms with Crippen molar-refractivity contribution in [3.8, 4) is 0 Å². The van der Waals surface area contributed by atoms with Crippen LogP contribution in [0.3, 0.4) is 0 Å². The van der Waals surface area contributed by atoms with Crippen molar-refractivity contribution >= 4 is 0 Å². The van der Waals surface area contributed by atoms with Crippen molar-refractivity contribution in [1.82, 2.24) is 0 Å². The van der Waals surface area contributed by atoms with Crippen LogP contribution in [0.4, 0.5) is 0 Å². The Kier molecular flexibility index (Phi) is 12.7. The van der Waals surface area contributed by atoms with Gasteiger partial charge in [0.05, 0.1) is 0 Å². The molecule has 1 rings (SSSR count). The Hall–Kier alpha value is -0.520. The van der Waals surface area contributed by atoms with Crippen LogP contribution >= 0.6 is 0 Å². The van der Waals surface area contributed by atoms with Gasteiger partial charge in [0, 0.05) is 0 Å². The quantitative estimate of drug-likeness (QED) is 0.270. The molecular formula is C21H38. The smallest absolute Gasteiger partial charge is 0.0133 e. The van der Waals surface area contributed by atoms with Gasteiger partial charge in [0.25, 0.3) is 0 Å². The second-order valence-electron chi connectivity index (χ2n) is 6.80. The topological polar surface area (TPSA) is 0 Å². The summed E-state index contributed by atoms with van der Waals surface area (Å²) in [6, 6.07) is 0. The van der Waals surface area contributed by atoms with Crippen molar-refractivity contribution in [3.63, 3.8) is 0 Å². The highest BCUT2D eigenvalue weighted by atomic mass is 14.0. The molecule has 0 aromatic carbocycles. The third-order valence-electron chi connectivity index (χ3n) is 4.70. The van der Waals surface area contributed by atoms with E-state index in [-0.39, 0.29) is 0 Å². The van der Waals surface area contributed by atoms with Gasteiger partial charge in [-0.05, 0) is 19.3 Å². The van der Waals surface area contributed by atoms with Gasteiger partial charge < -0.3 is 0 Å². The predicted molar refractivity (Wildman–Crippen MR) is 96.8 cm³/mol. The SMILES string of the molecule is CCCCCCCCCCCCCCCCC1=CC=CC1. The first kappa shape index (κ1) is 18.5. The first-order chi connectivity index (χ1) is 10.4. The minimum Gasteiger partial charge on any atom is -0.0805 e. The van der Waals surface area contributed by atoms with Crippen molar-refractivity contribution in [2.45, 2.75) is 110 Å². The first-order valence-electron chi connectivity index (χ1n) is 9.78. The molecule has 0 amide bonds. The summed E-state index contributed by atoms with van der Waals surface area (Å²) in [5.41, 5.74) is 1.65. The van der Waals surface area contributed by atoms with Crippen LogP contribution in [0.1, 0.15) is 110 Å². The zero-order valence-corrected chi connectivity index (χ0v) is 14.5. The summed E-state index contributed by atoms with van der Waals surface area (Å²) in [7, 11) is 0. The number of hydrogen-bond donors (Lipinski definition) is 0. The average molecular weight is 291 g/mol. The molecule has 122 valence electrons. The maximum atomic E-state index is 2.31. The van der Waals surface area contributed by atoms with E-state index < -0.39 is 0 Å². The molecule has 0 atom stereocenters. The zero-order valence-electron chi connectivity index (χ0n) is 14.5. The molecule has 0 unspecified atom stereocenters. The monoisotopic (exact) mass is 290 g/mol. The van der Waals surface area contributed by atoms with Crippen molar-refractivity contribution in [2.24, 2.45) is 0 Å². The van der Waals surface area contributed by atoms with Crippen LogP contribution in [-0.4, -0.2) is 0 Å². The molecule has 0 radical (unpaired) electrons. The average Bonchev–Trinajstić information content (AvgIpc) is 3.01. The van der Waals surface area contributed by atoms with E-state index in [0.29, 0.717) is 0 Å². The van der Waals surface area contributed by atoms with E-state index in [4.69, 9.17) is 0 Å². The summed E-state index contributed by atoms with van der Waals surface area (Å²) < 4.78 is 0. The Morgan fingerprint density at radius 3 is 1.57 bits per heavy atom. The van der Waals surface area contributed by atoms with Gasteiger partial charge in [0.15, 0.2) is 0 Å². The number of rotatable bonds is 15. The minimum absolute atomic E-state index is 1.22. The molecule has 21 heavy (non-hydrogen) atoms. The van der Waals surface area contributed by atoms with Crippen LogP contribution in [0.2, 0.25) is 0 Å². The fourth-order valence-electron chi connectivity index (χ4n) is 3.22. The molecule has 0 saturated carbocycles. The van der Waals surface area contributed by atoms with E-state index >= 15 is 0 Å². The van der Waals surface area contributed by atoms with Crippen LogP contribution in [-0.2, 0) is 0 Å². The van der Waals surface area contributed by atoms with Gasteiger partial charge in [-0.25, -0.2) is 0 Å². The normalized spacial score (nSPS) is 13.9. The highest BCUT2D eigenvalue weighted by molar-refractivity contribution is 5.22. The maximum Gasteiger partial charge on any atom is -0.0133 e. The second kappa shape index (κ2) is 14.4. The molecule has 0 bridgehead atoms. The van der Waals surface area contributed by atoms with Gasteiger partial charge in [0.1, 0.15) is 0 Å². The van der Waals surface area contributed by atoms with E-state index in [1.807, 2.05) is 0 Å². The molecule has 1 aliphatic rings. The lowest BCUT2D eigenvalue weighted by Crippen LogP contribution is -1.84. The first-order valence-corrected chi connectivity index (χ1v) is 9.78. The molecule has 1 aliphatic carbocycles. The maximum absolute atomic E-state index is 2.31. The highest BCUT2D eigenvalue weighted by Gasteiger charge is 1.99. The van der Waals surface area contributed by atoms with Gasteiger partial charge in [-0.3, -0.25) is 0 Å². The molecule has 0 aromatic heterocycles. The van der Waals surface area contributed by atoms with Gasteiger partial charge in [-0.1, -0.05) is 114 Å². The molecule has 0 heteroatoms. The van der Waals surface area contributed by atoms with E-state index in [9.17, 15) is 0 Å². The molecule has 0 fully saturated rings. The lowest BCUT2D eigenvalue weighted by Gasteiger charge is -2.04. The third-order valence-corrected chi connectivity index (χ3v) is 4.70. The second-order valence-corrected chi connectivity index (χ2v) is 6.80. The lowest BCUT2D eigenvalue weighted by molar-refractivity contribution is 0.535. The molecule has 0 saturated heterocycles. The zero-order chi connectivity index (χ0) is 15.0. The van der Waals surface area contributed by atoms with Gasteiger partial charge in [0.2, 0.25) is 0 Å². The minimum atomic E-state index is 1.22.